The van der Waals surface area contributed by atoms with Crippen molar-refractivity contribution in [3.8, 4) is 5.75 Å². The molecule has 0 aromatic carbocycles. The molecule has 0 saturated heterocycles. The van der Waals surface area contributed by atoms with E-state index in [0.29, 0.717) is 0 Å². The van der Waals surface area contributed by atoms with Gasteiger partial charge < -0.3 is 9.72 Å². The van der Waals surface area contributed by atoms with Crippen LogP contribution < -0.4 is 10.3 Å². The first-order chi connectivity index (χ1) is 7.25. The van der Waals surface area contributed by atoms with Crippen LogP contribution in [0.25, 0.3) is 6.08 Å². The zero-order chi connectivity index (χ0) is 10.4. The molecule has 0 saturated carbocycles. The minimum atomic E-state index is 0.0334. The van der Waals surface area contributed by atoms with Crippen molar-refractivity contribution in [2.75, 3.05) is 6.61 Å². The van der Waals surface area contributed by atoms with Gasteiger partial charge in [-0.3, -0.25) is 4.79 Å². The van der Waals surface area contributed by atoms with Gasteiger partial charge in [0.2, 0.25) is 0 Å². The van der Waals surface area contributed by atoms with Crippen LogP contribution in [-0.2, 0) is 12.8 Å². The molecule has 1 N–H and O–H groups in total. The molecule has 1 aromatic rings. The minimum absolute atomic E-state index is 0.0334. The predicted octanol–water partition coefficient (Wildman–Crippen LogP) is 1.66. The second-order valence-corrected chi connectivity index (χ2v) is 4.27. The van der Waals surface area contributed by atoms with Crippen molar-refractivity contribution in [3.05, 3.63) is 32.7 Å². The van der Waals surface area contributed by atoms with E-state index < -0.39 is 0 Å². The summed E-state index contributed by atoms with van der Waals surface area (Å²) in [5, 5.41) is 0. The normalized spacial score (nSPS) is 17.8. The zero-order valence-corrected chi connectivity index (χ0v) is 8.72. The second-order valence-electron chi connectivity index (χ2n) is 4.27. The quantitative estimate of drug-likeness (QED) is 0.696. The second kappa shape index (κ2) is 2.99. The van der Waals surface area contributed by atoms with Crippen LogP contribution in [0.1, 0.15) is 30.2 Å². The number of aryl methyl sites for hydroxylation is 1. The lowest BCUT2D eigenvalue weighted by Gasteiger charge is -2.19. The van der Waals surface area contributed by atoms with Gasteiger partial charge in [0.15, 0.2) is 0 Å². The van der Waals surface area contributed by atoms with Crippen LogP contribution in [0.3, 0.4) is 0 Å². The van der Waals surface area contributed by atoms with Crippen LogP contribution in [0.15, 0.2) is 10.4 Å². The number of rotatable bonds is 0. The molecule has 3 nitrogen and oxygen atoms in total. The fourth-order valence-corrected chi connectivity index (χ4v) is 2.38. The lowest BCUT2D eigenvalue weighted by molar-refractivity contribution is 0.282. The molecule has 1 aromatic heterocycles. The average Bonchev–Trinajstić information content (AvgIpc) is 2.61. The van der Waals surface area contributed by atoms with Gasteiger partial charge in [-0.25, -0.2) is 0 Å². The predicted molar refractivity (Wildman–Crippen MR) is 58.2 cm³/mol. The molecular weight excluding hydrogens is 190 g/mol. The molecule has 0 fully saturated rings. The zero-order valence-electron chi connectivity index (χ0n) is 8.72. The summed E-state index contributed by atoms with van der Waals surface area (Å²) in [6, 6.07) is 0. The summed E-state index contributed by atoms with van der Waals surface area (Å²) >= 11 is 0. The molecule has 2 aliphatic rings. The van der Waals surface area contributed by atoms with Crippen molar-refractivity contribution < 1.29 is 4.74 Å². The molecule has 78 valence electrons. The first-order valence-electron chi connectivity index (χ1n) is 5.33. The van der Waals surface area contributed by atoms with E-state index in [-0.39, 0.29) is 5.56 Å². The van der Waals surface area contributed by atoms with E-state index >= 15 is 0 Å². The van der Waals surface area contributed by atoms with Crippen molar-refractivity contribution in [2.24, 2.45) is 0 Å². The van der Waals surface area contributed by atoms with Gasteiger partial charge >= 0.3 is 0 Å². The van der Waals surface area contributed by atoms with Gasteiger partial charge in [0.25, 0.3) is 5.56 Å². The molecule has 0 atom stereocenters. The van der Waals surface area contributed by atoms with Gasteiger partial charge in [-0.15, -0.1) is 0 Å². The van der Waals surface area contributed by atoms with Crippen LogP contribution in [-0.4, -0.2) is 11.6 Å². The molecule has 0 unspecified atom stereocenters. The van der Waals surface area contributed by atoms with Gasteiger partial charge in [-0.1, -0.05) is 5.57 Å². The fourth-order valence-electron chi connectivity index (χ4n) is 2.38. The summed E-state index contributed by atoms with van der Waals surface area (Å²) in [5.41, 5.74) is 4.14. The molecule has 0 radical (unpaired) electrons. The average molecular weight is 203 g/mol. The van der Waals surface area contributed by atoms with E-state index in [1.54, 1.807) is 0 Å². The number of allylic oxidation sites excluding steroid dienone is 1. The molecule has 1 aliphatic carbocycles. The summed E-state index contributed by atoms with van der Waals surface area (Å²) in [6.07, 6.45) is 4.75. The highest BCUT2D eigenvalue weighted by atomic mass is 16.5. The number of hydrogen-bond acceptors (Lipinski definition) is 2. The van der Waals surface area contributed by atoms with Crippen LogP contribution >= 0.6 is 0 Å². The Bertz CT molecular complexity index is 511. The molecule has 0 bridgehead atoms. The van der Waals surface area contributed by atoms with E-state index in [1.165, 1.54) is 5.57 Å². The monoisotopic (exact) mass is 203 g/mol. The minimum Gasteiger partial charge on any atom is -0.491 e. The molecule has 2 heterocycles. The number of H-pyrrole nitrogens is 1. The molecule has 1 aliphatic heterocycles. The Morgan fingerprint density at radius 3 is 3.20 bits per heavy atom. The number of hydrogen-bond donors (Lipinski definition) is 1. The maximum absolute atomic E-state index is 11.8. The maximum atomic E-state index is 11.8. The lowest BCUT2D eigenvalue weighted by Crippen LogP contribution is -2.20. The van der Waals surface area contributed by atoms with Crippen LogP contribution in [0.4, 0.5) is 0 Å². The summed E-state index contributed by atoms with van der Waals surface area (Å²) in [4.78, 5) is 14.7. The number of pyridine rings is 1. The Kier molecular flexibility index (Phi) is 1.75. The highest BCUT2D eigenvalue weighted by Gasteiger charge is 2.23. The summed E-state index contributed by atoms with van der Waals surface area (Å²) in [7, 11) is 0. The van der Waals surface area contributed by atoms with Gasteiger partial charge in [-0.2, -0.15) is 0 Å². The van der Waals surface area contributed by atoms with Crippen molar-refractivity contribution >= 4 is 6.08 Å². The van der Waals surface area contributed by atoms with Crippen molar-refractivity contribution in [1.29, 1.82) is 0 Å². The number of ether oxygens (including phenoxy) is 1. The first kappa shape index (κ1) is 8.77. The highest BCUT2D eigenvalue weighted by molar-refractivity contribution is 5.66. The molecule has 3 heteroatoms. The van der Waals surface area contributed by atoms with E-state index in [4.69, 9.17) is 4.74 Å². The largest absolute Gasteiger partial charge is 0.491 e. The standard InChI is InChI=1S/C12H13NO2/c1-7-5-8-9(6-7)12(14)13-10-3-2-4-15-11(8)10/h6H,2-5H2,1H3,(H,13,14). The third-order valence-electron chi connectivity index (χ3n) is 3.05. The van der Waals surface area contributed by atoms with E-state index in [9.17, 15) is 4.79 Å². The topological polar surface area (TPSA) is 42.1 Å². The van der Waals surface area contributed by atoms with Crippen molar-refractivity contribution in [2.45, 2.75) is 26.2 Å². The highest BCUT2D eigenvalue weighted by Crippen LogP contribution is 2.34. The van der Waals surface area contributed by atoms with E-state index in [1.807, 2.05) is 6.08 Å². The number of aromatic amines is 1. The smallest absolute Gasteiger partial charge is 0.255 e. The van der Waals surface area contributed by atoms with Crippen LogP contribution in [0, 0.1) is 0 Å². The maximum Gasteiger partial charge on any atom is 0.255 e. The Morgan fingerprint density at radius 1 is 1.47 bits per heavy atom. The van der Waals surface area contributed by atoms with Crippen molar-refractivity contribution in [1.82, 2.24) is 4.98 Å². The molecule has 3 rings (SSSR count). The van der Waals surface area contributed by atoms with Crippen LogP contribution in [0.2, 0.25) is 0 Å². The molecule has 0 amide bonds. The van der Waals surface area contributed by atoms with E-state index in [2.05, 4.69) is 11.9 Å². The molecule has 0 spiro atoms. The van der Waals surface area contributed by atoms with Gasteiger partial charge in [-0.05, 0) is 32.3 Å². The third kappa shape index (κ3) is 1.23. The summed E-state index contributed by atoms with van der Waals surface area (Å²) in [6.45, 7) is 2.82. The lowest BCUT2D eigenvalue weighted by atomic mass is 10.0. The number of nitrogens with one attached hydrogen (secondary N) is 1. The Labute approximate surface area is 87.8 Å². The molecular formula is C12H13NO2. The Morgan fingerprint density at radius 2 is 2.33 bits per heavy atom. The third-order valence-corrected chi connectivity index (χ3v) is 3.05. The molecule has 15 heavy (non-hydrogen) atoms. The Hall–Kier alpha value is -1.51. The Balaban J connectivity index is 2.26. The summed E-state index contributed by atoms with van der Waals surface area (Å²) in [5.74, 6) is 0.934. The SMILES string of the molecule is CC1=Cc2c(c3c([nH]c2=O)CCCO3)C1. The number of aromatic nitrogens is 1. The van der Waals surface area contributed by atoms with Gasteiger partial charge in [0.1, 0.15) is 5.75 Å². The summed E-state index contributed by atoms with van der Waals surface area (Å²) < 4.78 is 5.67. The fraction of sp³-hybridized carbons (Fsp3) is 0.417. The van der Waals surface area contributed by atoms with E-state index in [0.717, 1.165) is 48.4 Å². The van der Waals surface area contributed by atoms with Crippen LogP contribution in [0.5, 0.6) is 5.75 Å². The van der Waals surface area contributed by atoms with Gasteiger partial charge in [0, 0.05) is 11.1 Å². The number of fused-ring (bicyclic) bond motifs is 3. The first-order valence-corrected chi connectivity index (χ1v) is 5.33. The van der Waals surface area contributed by atoms with Gasteiger partial charge in [0.05, 0.1) is 12.3 Å². The van der Waals surface area contributed by atoms with Crippen molar-refractivity contribution in [3.63, 3.8) is 0 Å².